The minimum absolute atomic E-state index is 0.321. The lowest BCUT2D eigenvalue weighted by molar-refractivity contribution is 0.157. The highest BCUT2D eigenvalue weighted by molar-refractivity contribution is 5.74. The molecule has 0 saturated heterocycles. The molecule has 4 N–H and O–H groups in total. The number of rotatable bonds is 5. The maximum absolute atomic E-state index is 9.56. The molecule has 0 aliphatic carbocycles. The Morgan fingerprint density at radius 3 is 2.88 bits per heavy atom. The number of fused-ring (bicyclic) bond motifs is 1. The summed E-state index contributed by atoms with van der Waals surface area (Å²) in [5.41, 5.74) is 7.40. The Labute approximate surface area is 94.5 Å². The number of H-pyrrole nitrogens is 1. The van der Waals surface area contributed by atoms with E-state index in [-0.39, 0.29) is 6.10 Å². The van der Waals surface area contributed by atoms with Crippen molar-refractivity contribution in [3.8, 4) is 0 Å². The molecule has 4 nitrogen and oxygen atoms in total. The molecule has 2 rings (SSSR count). The second kappa shape index (κ2) is 5.09. The maximum Gasteiger partial charge on any atom is 0.107 e. The Hall–Kier alpha value is -1.39. The van der Waals surface area contributed by atoms with E-state index in [0.717, 1.165) is 23.3 Å². The van der Waals surface area contributed by atoms with Crippen LogP contribution in [0.15, 0.2) is 24.3 Å². The van der Waals surface area contributed by atoms with Gasteiger partial charge in [-0.05, 0) is 31.5 Å². The van der Waals surface area contributed by atoms with E-state index in [1.54, 1.807) is 0 Å². The van der Waals surface area contributed by atoms with Crippen molar-refractivity contribution in [2.75, 3.05) is 6.54 Å². The fraction of sp³-hybridized carbons (Fsp3) is 0.417. The number of nitrogens with zero attached hydrogens (tertiary/aromatic N) is 1. The monoisotopic (exact) mass is 219 g/mol. The molecule has 2 aromatic rings. The molecule has 1 heterocycles. The third-order valence-corrected chi connectivity index (χ3v) is 2.65. The summed E-state index contributed by atoms with van der Waals surface area (Å²) >= 11 is 0. The van der Waals surface area contributed by atoms with Crippen molar-refractivity contribution in [2.45, 2.75) is 25.4 Å². The van der Waals surface area contributed by atoms with Gasteiger partial charge >= 0.3 is 0 Å². The minimum Gasteiger partial charge on any atom is -0.393 e. The fourth-order valence-corrected chi connectivity index (χ4v) is 1.76. The van der Waals surface area contributed by atoms with Gasteiger partial charge in [0.1, 0.15) is 5.82 Å². The van der Waals surface area contributed by atoms with Crippen LogP contribution in [-0.4, -0.2) is 27.7 Å². The Morgan fingerprint density at radius 1 is 1.31 bits per heavy atom. The molecule has 0 saturated carbocycles. The number of imidazole rings is 1. The number of aromatic nitrogens is 2. The average Bonchev–Trinajstić information content (AvgIpc) is 2.69. The van der Waals surface area contributed by atoms with Crippen LogP contribution in [-0.2, 0) is 6.42 Å². The molecule has 1 atom stereocenters. The highest BCUT2D eigenvalue weighted by atomic mass is 16.3. The van der Waals surface area contributed by atoms with Crippen LogP contribution in [0.5, 0.6) is 0 Å². The fourth-order valence-electron chi connectivity index (χ4n) is 1.76. The predicted octanol–water partition coefficient (Wildman–Crippen LogP) is 1.21. The summed E-state index contributed by atoms with van der Waals surface area (Å²) in [5.74, 6) is 0.928. The Balaban J connectivity index is 1.99. The summed E-state index contributed by atoms with van der Waals surface area (Å²) < 4.78 is 0. The van der Waals surface area contributed by atoms with Crippen molar-refractivity contribution in [1.29, 1.82) is 0 Å². The van der Waals surface area contributed by atoms with Gasteiger partial charge in [-0.1, -0.05) is 12.1 Å². The SMILES string of the molecule is NCCC(O)CCc1nc2ccccc2[nH]1. The molecule has 86 valence electrons. The van der Waals surface area contributed by atoms with Gasteiger partial charge in [0.2, 0.25) is 0 Å². The van der Waals surface area contributed by atoms with Gasteiger partial charge in [0, 0.05) is 6.42 Å². The van der Waals surface area contributed by atoms with E-state index in [1.165, 1.54) is 0 Å². The number of aliphatic hydroxyl groups is 1. The highest BCUT2D eigenvalue weighted by Gasteiger charge is 2.06. The molecular formula is C12H17N3O. The zero-order chi connectivity index (χ0) is 11.4. The number of aliphatic hydroxyl groups excluding tert-OH is 1. The van der Waals surface area contributed by atoms with Crippen molar-refractivity contribution < 1.29 is 5.11 Å². The van der Waals surface area contributed by atoms with Crippen LogP contribution in [0.25, 0.3) is 11.0 Å². The Morgan fingerprint density at radius 2 is 2.12 bits per heavy atom. The average molecular weight is 219 g/mol. The van der Waals surface area contributed by atoms with E-state index >= 15 is 0 Å². The van der Waals surface area contributed by atoms with Crippen LogP contribution in [0, 0.1) is 0 Å². The largest absolute Gasteiger partial charge is 0.393 e. The minimum atomic E-state index is -0.321. The number of para-hydroxylation sites is 2. The third-order valence-electron chi connectivity index (χ3n) is 2.65. The summed E-state index contributed by atoms with van der Waals surface area (Å²) in [6, 6.07) is 7.93. The van der Waals surface area contributed by atoms with Crippen LogP contribution in [0.3, 0.4) is 0 Å². The molecule has 4 heteroatoms. The normalized spacial score (nSPS) is 13.1. The number of benzene rings is 1. The molecule has 0 aliphatic heterocycles. The van der Waals surface area contributed by atoms with E-state index in [9.17, 15) is 5.11 Å². The highest BCUT2D eigenvalue weighted by Crippen LogP contribution is 2.12. The van der Waals surface area contributed by atoms with Crippen LogP contribution >= 0.6 is 0 Å². The number of nitrogens with two attached hydrogens (primary N) is 1. The van der Waals surface area contributed by atoms with Gasteiger partial charge in [-0.2, -0.15) is 0 Å². The van der Waals surface area contributed by atoms with Crippen LogP contribution in [0.2, 0.25) is 0 Å². The van der Waals surface area contributed by atoms with Crippen LogP contribution in [0.4, 0.5) is 0 Å². The predicted molar refractivity (Wildman–Crippen MR) is 64.1 cm³/mol. The topological polar surface area (TPSA) is 74.9 Å². The van der Waals surface area contributed by atoms with Gasteiger partial charge in [-0.15, -0.1) is 0 Å². The Bertz CT molecular complexity index is 419. The maximum atomic E-state index is 9.56. The van der Waals surface area contributed by atoms with E-state index in [1.807, 2.05) is 24.3 Å². The summed E-state index contributed by atoms with van der Waals surface area (Å²) in [6.07, 6.45) is 1.80. The lowest BCUT2D eigenvalue weighted by Crippen LogP contribution is -2.14. The Kier molecular flexibility index (Phi) is 3.54. The summed E-state index contributed by atoms with van der Waals surface area (Å²) in [6.45, 7) is 0.529. The summed E-state index contributed by atoms with van der Waals surface area (Å²) in [7, 11) is 0. The van der Waals surface area contributed by atoms with Gasteiger partial charge in [0.15, 0.2) is 0 Å². The van der Waals surface area contributed by atoms with E-state index < -0.39 is 0 Å². The quantitative estimate of drug-likeness (QED) is 0.707. The second-order valence-corrected chi connectivity index (χ2v) is 3.97. The number of nitrogens with one attached hydrogen (secondary N) is 1. The first-order chi connectivity index (χ1) is 7.79. The first kappa shape index (κ1) is 11.1. The number of aryl methyl sites for hydroxylation is 1. The van der Waals surface area contributed by atoms with E-state index in [4.69, 9.17) is 5.73 Å². The van der Waals surface area contributed by atoms with Gasteiger partial charge in [0.25, 0.3) is 0 Å². The first-order valence-corrected chi connectivity index (χ1v) is 5.61. The standard InChI is InChI=1S/C12H17N3O/c13-8-7-9(16)5-6-12-14-10-3-1-2-4-11(10)15-12/h1-4,9,16H,5-8,13H2,(H,14,15). The van der Waals surface area contributed by atoms with Gasteiger partial charge < -0.3 is 15.8 Å². The second-order valence-electron chi connectivity index (χ2n) is 3.97. The molecule has 16 heavy (non-hydrogen) atoms. The molecular weight excluding hydrogens is 202 g/mol. The smallest absolute Gasteiger partial charge is 0.107 e. The molecule has 0 aliphatic rings. The number of hydrogen-bond donors (Lipinski definition) is 3. The number of aromatic amines is 1. The molecule has 0 spiro atoms. The molecule has 1 unspecified atom stereocenters. The summed E-state index contributed by atoms with van der Waals surface area (Å²) in [4.78, 5) is 7.69. The zero-order valence-electron chi connectivity index (χ0n) is 9.19. The van der Waals surface area contributed by atoms with Crippen molar-refractivity contribution in [1.82, 2.24) is 9.97 Å². The third kappa shape index (κ3) is 2.59. The summed E-state index contributed by atoms with van der Waals surface area (Å²) in [5, 5.41) is 9.56. The molecule has 0 radical (unpaired) electrons. The zero-order valence-corrected chi connectivity index (χ0v) is 9.19. The van der Waals surface area contributed by atoms with Crippen molar-refractivity contribution in [2.24, 2.45) is 5.73 Å². The van der Waals surface area contributed by atoms with Gasteiger partial charge in [-0.25, -0.2) is 4.98 Å². The van der Waals surface area contributed by atoms with Crippen molar-refractivity contribution >= 4 is 11.0 Å². The van der Waals surface area contributed by atoms with E-state index in [0.29, 0.717) is 19.4 Å². The van der Waals surface area contributed by atoms with Crippen molar-refractivity contribution in [3.05, 3.63) is 30.1 Å². The van der Waals surface area contributed by atoms with Crippen molar-refractivity contribution in [3.63, 3.8) is 0 Å². The first-order valence-electron chi connectivity index (χ1n) is 5.61. The van der Waals surface area contributed by atoms with Crippen LogP contribution < -0.4 is 5.73 Å². The molecule has 0 fully saturated rings. The number of hydrogen-bond acceptors (Lipinski definition) is 3. The van der Waals surface area contributed by atoms with E-state index in [2.05, 4.69) is 9.97 Å². The lowest BCUT2D eigenvalue weighted by atomic mass is 10.1. The van der Waals surface area contributed by atoms with Gasteiger partial charge in [0.05, 0.1) is 17.1 Å². The lowest BCUT2D eigenvalue weighted by Gasteiger charge is -2.06. The van der Waals surface area contributed by atoms with Crippen LogP contribution in [0.1, 0.15) is 18.7 Å². The molecule has 0 amide bonds. The molecule has 1 aromatic carbocycles. The van der Waals surface area contributed by atoms with Gasteiger partial charge in [-0.3, -0.25) is 0 Å². The molecule has 0 bridgehead atoms. The molecule has 1 aromatic heterocycles.